The van der Waals surface area contributed by atoms with Gasteiger partial charge in [-0.15, -0.1) is 0 Å². The van der Waals surface area contributed by atoms with Gasteiger partial charge in [-0.05, 0) is 44.2 Å². The van der Waals surface area contributed by atoms with Crippen LogP contribution in [0.25, 0.3) is 0 Å². The second-order valence-electron chi connectivity index (χ2n) is 6.56. The third kappa shape index (κ3) is 3.80. The molecule has 3 rings (SSSR count). The van der Waals surface area contributed by atoms with Crippen LogP contribution in [0.4, 0.5) is 0 Å². The molecule has 0 radical (unpaired) electrons. The molecule has 22 heavy (non-hydrogen) atoms. The van der Waals surface area contributed by atoms with E-state index in [4.69, 9.17) is 4.74 Å². The summed E-state index contributed by atoms with van der Waals surface area (Å²) in [4.78, 5) is 12.2. The van der Waals surface area contributed by atoms with Gasteiger partial charge >= 0.3 is 0 Å². The third-order valence-electron chi connectivity index (χ3n) is 4.87. The van der Waals surface area contributed by atoms with E-state index >= 15 is 0 Å². The molecule has 2 N–H and O–H groups in total. The van der Waals surface area contributed by atoms with Crippen molar-refractivity contribution in [3.05, 3.63) is 29.8 Å². The molecule has 4 heteroatoms. The van der Waals surface area contributed by atoms with Crippen molar-refractivity contribution >= 4 is 5.91 Å². The van der Waals surface area contributed by atoms with Crippen LogP contribution in [0.1, 0.15) is 37.7 Å². The minimum Gasteiger partial charge on any atom is -0.492 e. The standard InChI is InChI=1S/C18H26N2O2/c1-13-6-8-15(9-7-13)22-11-10-19-18(21)17-12-14-4-2-3-5-16(14)20-17/h6-9,14,16-17,20H,2-5,10-12H2,1H3,(H,19,21). The SMILES string of the molecule is Cc1ccc(OCCNC(=O)C2CC3CCCCC3N2)cc1. The first kappa shape index (κ1) is 15.3. The lowest BCUT2D eigenvalue weighted by atomic mass is 9.85. The number of carbonyl (C=O) groups is 1. The fourth-order valence-electron chi connectivity index (χ4n) is 3.62. The first-order valence-corrected chi connectivity index (χ1v) is 8.45. The number of hydrogen-bond acceptors (Lipinski definition) is 3. The van der Waals surface area contributed by atoms with E-state index in [2.05, 4.69) is 17.6 Å². The first-order chi connectivity index (χ1) is 10.7. The van der Waals surface area contributed by atoms with Gasteiger partial charge in [-0.3, -0.25) is 4.79 Å². The Morgan fingerprint density at radius 1 is 1.27 bits per heavy atom. The van der Waals surface area contributed by atoms with Crippen LogP contribution in [0.2, 0.25) is 0 Å². The molecule has 1 saturated carbocycles. The van der Waals surface area contributed by atoms with E-state index in [-0.39, 0.29) is 11.9 Å². The largest absolute Gasteiger partial charge is 0.492 e. The molecule has 1 aromatic carbocycles. The third-order valence-corrected chi connectivity index (χ3v) is 4.87. The number of carbonyl (C=O) groups excluding carboxylic acids is 1. The molecule has 2 fully saturated rings. The predicted molar refractivity (Wildman–Crippen MR) is 87.0 cm³/mol. The average molecular weight is 302 g/mol. The van der Waals surface area contributed by atoms with E-state index in [0.717, 1.165) is 12.2 Å². The quantitative estimate of drug-likeness (QED) is 0.821. The highest BCUT2D eigenvalue weighted by Gasteiger charge is 2.37. The van der Waals surface area contributed by atoms with Crippen molar-refractivity contribution < 1.29 is 9.53 Å². The van der Waals surface area contributed by atoms with Gasteiger partial charge in [0.15, 0.2) is 0 Å². The summed E-state index contributed by atoms with van der Waals surface area (Å²) >= 11 is 0. The summed E-state index contributed by atoms with van der Waals surface area (Å²) in [7, 11) is 0. The maximum atomic E-state index is 12.2. The minimum atomic E-state index is -0.00697. The van der Waals surface area contributed by atoms with Crippen molar-refractivity contribution in [2.24, 2.45) is 5.92 Å². The maximum absolute atomic E-state index is 12.2. The van der Waals surface area contributed by atoms with E-state index in [1.54, 1.807) is 0 Å². The Balaban J connectivity index is 1.37. The molecule has 1 amide bonds. The topological polar surface area (TPSA) is 50.4 Å². The molecule has 1 aliphatic carbocycles. The van der Waals surface area contributed by atoms with Gasteiger partial charge in [-0.2, -0.15) is 0 Å². The molecule has 0 aromatic heterocycles. The van der Waals surface area contributed by atoms with Gasteiger partial charge in [-0.25, -0.2) is 0 Å². The number of hydrogen-bond donors (Lipinski definition) is 2. The molecule has 4 nitrogen and oxygen atoms in total. The minimum absolute atomic E-state index is 0.00697. The Morgan fingerprint density at radius 2 is 2.05 bits per heavy atom. The molecule has 3 atom stereocenters. The second-order valence-corrected chi connectivity index (χ2v) is 6.56. The van der Waals surface area contributed by atoms with Crippen molar-refractivity contribution in [2.45, 2.75) is 51.1 Å². The maximum Gasteiger partial charge on any atom is 0.237 e. The van der Waals surface area contributed by atoms with Gasteiger partial charge in [0.1, 0.15) is 12.4 Å². The van der Waals surface area contributed by atoms with Crippen molar-refractivity contribution in [3.8, 4) is 5.75 Å². The fraction of sp³-hybridized carbons (Fsp3) is 0.611. The number of rotatable bonds is 5. The molecule has 3 unspecified atom stereocenters. The van der Waals surface area contributed by atoms with Crippen LogP contribution in [0.5, 0.6) is 5.75 Å². The summed E-state index contributed by atoms with van der Waals surface area (Å²) < 4.78 is 5.63. The Hall–Kier alpha value is -1.55. The van der Waals surface area contributed by atoms with Crippen molar-refractivity contribution in [1.29, 1.82) is 0 Å². The zero-order chi connectivity index (χ0) is 15.4. The molecule has 1 saturated heterocycles. The number of ether oxygens (including phenoxy) is 1. The Morgan fingerprint density at radius 3 is 2.82 bits per heavy atom. The van der Waals surface area contributed by atoms with E-state index in [1.807, 2.05) is 24.3 Å². The Bertz CT molecular complexity index is 486. The molecule has 1 heterocycles. The molecule has 1 aliphatic heterocycles. The Kier molecular flexibility index (Phi) is 4.98. The van der Waals surface area contributed by atoms with Crippen LogP contribution in [-0.4, -0.2) is 31.1 Å². The summed E-state index contributed by atoms with van der Waals surface area (Å²) in [6.45, 7) is 3.12. The van der Waals surface area contributed by atoms with Gasteiger partial charge < -0.3 is 15.4 Å². The lowest BCUT2D eigenvalue weighted by Gasteiger charge is -2.24. The molecule has 0 spiro atoms. The summed E-state index contributed by atoms with van der Waals surface area (Å²) in [6, 6.07) is 8.53. The van der Waals surface area contributed by atoms with Gasteiger partial charge in [0.25, 0.3) is 0 Å². The first-order valence-electron chi connectivity index (χ1n) is 8.45. The average Bonchev–Trinajstić information content (AvgIpc) is 2.97. The lowest BCUT2D eigenvalue weighted by Crippen LogP contribution is -2.44. The molecular formula is C18H26N2O2. The molecule has 2 aliphatic rings. The zero-order valence-corrected chi connectivity index (χ0v) is 13.3. The van der Waals surface area contributed by atoms with E-state index in [1.165, 1.54) is 31.2 Å². The van der Waals surface area contributed by atoms with Crippen LogP contribution < -0.4 is 15.4 Å². The summed E-state index contributed by atoms with van der Waals surface area (Å²) in [5, 5.41) is 6.49. The van der Waals surface area contributed by atoms with Crippen LogP contribution in [0.15, 0.2) is 24.3 Å². The highest BCUT2D eigenvalue weighted by Crippen LogP contribution is 2.33. The van der Waals surface area contributed by atoms with Gasteiger partial charge in [-0.1, -0.05) is 30.5 Å². The van der Waals surface area contributed by atoms with Crippen LogP contribution >= 0.6 is 0 Å². The smallest absolute Gasteiger partial charge is 0.237 e. The number of fused-ring (bicyclic) bond motifs is 1. The predicted octanol–water partition coefficient (Wildman–Crippen LogP) is 2.41. The number of aryl methyl sites for hydroxylation is 1. The fourth-order valence-corrected chi connectivity index (χ4v) is 3.62. The summed E-state index contributed by atoms with van der Waals surface area (Å²) in [5.41, 5.74) is 1.22. The summed E-state index contributed by atoms with van der Waals surface area (Å²) in [5.74, 6) is 1.68. The highest BCUT2D eigenvalue weighted by molar-refractivity contribution is 5.82. The summed E-state index contributed by atoms with van der Waals surface area (Å²) in [6.07, 6.45) is 6.12. The normalized spacial score (nSPS) is 27.2. The van der Waals surface area contributed by atoms with Gasteiger partial charge in [0.05, 0.1) is 12.6 Å². The van der Waals surface area contributed by atoms with E-state index in [9.17, 15) is 4.79 Å². The zero-order valence-electron chi connectivity index (χ0n) is 13.3. The number of amides is 1. The second kappa shape index (κ2) is 7.14. The highest BCUT2D eigenvalue weighted by atomic mass is 16.5. The lowest BCUT2D eigenvalue weighted by molar-refractivity contribution is -0.123. The van der Waals surface area contributed by atoms with Gasteiger partial charge in [0, 0.05) is 6.04 Å². The van der Waals surface area contributed by atoms with E-state index < -0.39 is 0 Å². The van der Waals surface area contributed by atoms with Crippen LogP contribution in [0, 0.1) is 12.8 Å². The number of benzene rings is 1. The van der Waals surface area contributed by atoms with Crippen molar-refractivity contribution in [1.82, 2.24) is 10.6 Å². The monoisotopic (exact) mass is 302 g/mol. The molecule has 120 valence electrons. The van der Waals surface area contributed by atoms with Crippen LogP contribution in [-0.2, 0) is 4.79 Å². The Labute approximate surface area is 132 Å². The molecule has 0 bridgehead atoms. The molecule has 1 aromatic rings. The van der Waals surface area contributed by atoms with E-state index in [0.29, 0.717) is 25.1 Å². The molecular weight excluding hydrogens is 276 g/mol. The number of nitrogens with one attached hydrogen (secondary N) is 2. The van der Waals surface area contributed by atoms with Gasteiger partial charge in [0.2, 0.25) is 5.91 Å². The van der Waals surface area contributed by atoms with Crippen molar-refractivity contribution in [3.63, 3.8) is 0 Å². The van der Waals surface area contributed by atoms with Crippen LogP contribution in [0.3, 0.4) is 0 Å². The van der Waals surface area contributed by atoms with Crippen molar-refractivity contribution in [2.75, 3.05) is 13.2 Å².